The van der Waals surface area contributed by atoms with Crippen molar-refractivity contribution in [2.24, 2.45) is 0 Å². The van der Waals surface area contributed by atoms with Gasteiger partial charge in [0.25, 0.3) is 5.56 Å². The number of aromatic nitrogens is 1. The van der Waals surface area contributed by atoms with Gasteiger partial charge in [-0.05, 0) is 30.5 Å². The van der Waals surface area contributed by atoms with Crippen LogP contribution in [0.5, 0.6) is 0 Å². The molecule has 2 heteroatoms. The fourth-order valence-electron chi connectivity index (χ4n) is 2.56. The molecule has 1 atom stereocenters. The number of hydrogen-bond donors (Lipinski definition) is 0. The van der Waals surface area contributed by atoms with Crippen LogP contribution in [0.3, 0.4) is 0 Å². The van der Waals surface area contributed by atoms with E-state index in [1.54, 1.807) is 0 Å². The SMILES string of the molecule is Cc1cccn(CC2Cc3ccccc32)c1=O. The average molecular weight is 225 g/mol. The van der Waals surface area contributed by atoms with Crippen LogP contribution < -0.4 is 5.56 Å². The largest absolute Gasteiger partial charge is 0.315 e. The third kappa shape index (κ3) is 1.70. The van der Waals surface area contributed by atoms with Crippen LogP contribution in [0.4, 0.5) is 0 Å². The number of aryl methyl sites for hydroxylation is 1. The van der Waals surface area contributed by atoms with Crippen LogP contribution in [-0.4, -0.2) is 4.57 Å². The highest BCUT2D eigenvalue weighted by atomic mass is 16.1. The first-order valence-electron chi connectivity index (χ1n) is 5.99. The molecule has 17 heavy (non-hydrogen) atoms. The molecule has 1 aliphatic carbocycles. The Morgan fingerprint density at radius 3 is 2.88 bits per heavy atom. The number of fused-ring (bicyclic) bond motifs is 1. The Labute approximate surface area is 101 Å². The molecule has 1 aromatic heterocycles. The average Bonchev–Trinajstić information content (AvgIpc) is 2.31. The molecular formula is C15H15NO. The van der Waals surface area contributed by atoms with Crippen molar-refractivity contribution in [1.29, 1.82) is 0 Å². The third-order valence-electron chi connectivity index (χ3n) is 3.59. The van der Waals surface area contributed by atoms with E-state index < -0.39 is 0 Å². The van der Waals surface area contributed by atoms with Gasteiger partial charge in [-0.25, -0.2) is 0 Å². The van der Waals surface area contributed by atoms with E-state index in [1.165, 1.54) is 11.1 Å². The summed E-state index contributed by atoms with van der Waals surface area (Å²) in [5.41, 5.74) is 3.79. The summed E-state index contributed by atoms with van der Waals surface area (Å²) in [5, 5.41) is 0. The molecule has 3 rings (SSSR count). The molecule has 0 saturated carbocycles. The van der Waals surface area contributed by atoms with Gasteiger partial charge < -0.3 is 4.57 Å². The van der Waals surface area contributed by atoms with Gasteiger partial charge in [-0.1, -0.05) is 30.3 Å². The fraction of sp³-hybridized carbons (Fsp3) is 0.267. The van der Waals surface area contributed by atoms with Gasteiger partial charge in [-0.2, -0.15) is 0 Å². The molecule has 0 fully saturated rings. The van der Waals surface area contributed by atoms with Crippen LogP contribution in [0.25, 0.3) is 0 Å². The first-order valence-corrected chi connectivity index (χ1v) is 5.99. The van der Waals surface area contributed by atoms with Crippen molar-refractivity contribution < 1.29 is 0 Å². The lowest BCUT2D eigenvalue weighted by Gasteiger charge is -2.30. The lowest BCUT2D eigenvalue weighted by Crippen LogP contribution is -2.28. The van der Waals surface area contributed by atoms with Gasteiger partial charge in [0.15, 0.2) is 0 Å². The molecule has 0 radical (unpaired) electrons. The van der Waals surface area contributed by atoms with Crippen molar-refractivity contribution in [3.05, 3.63) is 69.6 Å². The topological polar surface area (TPSA) is 22.0 Å². The number of benzene rings is 1. The fourth-order valence-corrected chi connectivity index (χ4v) is 2.56. The predicted molar refractivity (Wildman–Crippen MR) is 68.3 cm³/mol. The Kier molecular flexibility index (Phi) is 2.36. The van der Waals surface area contributed by atoms with Crippen LogP contribution >= 0.6 is 0 Å². The van der Waals surface area contributed by atoms with Crippen molar-refractivity contribution in [3.8, 4) is 0 Å². The van der Waals surface area contributed by atoms with E-state index >= 15 is 0 Å². The van der Waals surface area contributed by atoms with Gasteiger partial charge in [-0.3, -0.25) is 4.79 Å². The van der Waals surface area contributed by atoms with Crippen molar-refractivity contribution in [3.63, 3.8) is 0 Å². The molecule has 2 aromatic rings. The van der Waals surface area contributed by atoms with E-state index in [1.807, 2.05) is 29.8 Å². The summed E-state index contributed by atoms with van der Waals surface area (Å²) in [7, 11) is 0. The minimum absolute atomic E-state index is 0.136. The smallest absolute Gasteiger partial charge is 0.253 e. The molecule has 1 aliphatic rings. The van der Waals surface area contributed by atoms with Crippen LogP contribution in [0.2, 0.25) is 0 Å². The minimum atomic E-state index is 0.136. The van der Waals surface area contributed by atoms with E-state index in [9.17, 15) is 4.79 Å². The molecule has 0 saturated heterocycles. The van der Waals surface area contributed by atoms with Gasteiger partial charge in [0.2, 0.25) is 0 Å². The summed E-state index contributed by atoms with van der Waals surface area (Å²) in [6.45, 7) is 2.67. The molecule has 86 valence electrons. The van der Waals surface area contributed by atoms with Gasteiger partial charge in [-0.15, -0.1) is 0 Å². The van der Waals surface area contributed by atoms with Crippen LogP contribution in [0.15, 0.2) is 47.4 Å². The summed E-state index contributed by atoms with van der Waals surface area (Å²) in [6, 6.07) is 12.3. The standard InChI is InChI=1S/C15H15NO/c1-11-5-4-8-16(15(11)17)10-13-9-12-6-2-3-7-14(12)13/h2-8,13H,9-10H2,1H3. The van der Waals surface area contributed by atoms with Gasteiger partial charge in [0.1, 0.15) is 0 Å². The Hall–Kier alpha value is -1.83. The summed E-state index contributed by atoms with van der Waals surface area (Å²) in [5.74, 6) is 0.505. The van der Waals surface area contributed by atoms with Crippen LogP contribution in [0, 0.1) is 6.92 Å². The Morgan fingerprint density at radius 2 is 2.06 bits per heavy atom. The molecule has 2 nitrogen and oxygen atoms in total. The first kappa shape index (κ1) is 10.3. The second-order valence-corrected chi connectivity index (χ2v) is 4.75. The summed E-state index contributed by atoms with van der Waals surface area (Å²) >= 11 is 0. The maximum absolute atomic E-state index is 11.9. The van der Waals surface area contributed by atoms with Crippen molar-refractivity contribution in [2.75, 3.05) is 0 Å². The summed E-state index contributed by atoms with van der Waals surface area (Å²) in [6.07, 6.45) is 2.98. The quantitative estimate of drug-likeness (QED) is 0.769. The van der Waals surface area contributed by atoms with Gasteiger partial charge >= 0.3 is 0 Å². The second-order valence-electron chi connectivity index (χ2n) is 4.75. The predicted octanol–water partition coefficient (Wildman–Crippen LogP) is 2.50. The molecule has 0 aliphatic heterocycles. The maximum atomic E-state index is 11.9. The summed E-state index contributed by atoms with van der Waals surface area (Å²) in [4.78, 5) is 11.9. The van der Waals surface area contributed by atoms with Crippen molar-refractivity contribution in [1.82, 2.24) is 4.57 Å². The maximum Gasteiger partial charge on any atom is 0.253 e. The molecule has 0 bridgehead atoms. The zero-order valence-corrected chi connectivity index (χ0v) is 9.89. The van der Waals surface area contributed by atoms with Gasteiger partial charge in [0.05, 0.1) is 0 Å². The Bertz CT molecular complexity index is 612. The highest BCUT2D eigenvalue weighted by molar-refractivity contribution is 5.39. The number of nitrogens with zero attached hydrogens (tertiary/aromatic N) is 1. The number of pyridine rings is 1. The molecular weight excluding hydrogens is 210 g/mol. The zero-order valence-electron chi connectivity index (χ0n) is 9.89. The van der Waals surface area contributed by atoms with E-state index in [0.29, 0.717) is 5.92 Å². The van der Waals surface area contributed by atoms with Crippen molar-refractivity contribution in [2.45, 2.75) is 25.8 Å². The molecule has 0 amide bonds. The van der Waals surface area contributed by atoms with Crippen LogP contribution in [-0.2, 0) is 13.0 Å². The Morgan fingerprint density at radius 1 is 1.24 bits per heavy atom. The Balaban J connectivity index is 1.87. The lowest BCUT2D eigenvalue weighted by atomic mass is 9.77. The van der Waals surface area contributed by atoms with E-state index in [0.717, 1.165) is 18.5 Å². The lowest BCUT2D eigenvalue weighted by molar-refractivity contribution is 0.497. The number of hydrogen-bond acceptors (Lipinski definition) is 1. The normalized spacial score (nSPS) is 17.4. The zero-order chi connectivity index (χ0) is 11.8. The second kappa shape index (κ2) is 3.88. The molecule has 0 spiro atoms. The minimum Gasteiger partial charge on any atom is -0.315 e. The van der Waals surface area contributed by atoms with Crippen LogP contribution in [0.1, 0.15) is 22.6 Å². The summed E-state index contributed by atoms with van der Waals surface area (Å²) < 4.78 is 1.83. The number of rotatable bonds is 2. The van der Waals surface area contributed by atoms with E-state index in [2.05, 4.69) is 24.3 Å². The third-order valence-corrected chi connectivity index (χ3v) is 3.59. The molecule has 1 aromatic carbocycles. The van der Waals surface area contributed by atoms with Gasteiger partial charge in [0, 0.05) is 24.2 Å². The molecule has 0 N–H and O–H groups in total. The highest BCUT2D eigenvalue weighted by Crippen LogP contribution is 2.35. The highest BCUT2D eigenvalue weighted by Gasteiger charge is 2.25. The van der Waals surface area contributed by atoms with Crippen molar-refractivity contribution >= 4 is 0 Å². The van der Waals surface area contributed by atoms with E-state index in [-0.39, 0.29) is 5.56 Å². The first-order chi connectivity index (χ1) is 8.25. The van der Waals surface area contributed by atoms with E-state index in [4.69, 9.17) is 0 Å². The molecule has 1 unspecified atom stereocenters. The molecule has 1 heterocycles. The monoisotopic (exact) mass is 225 g/mol.